The van der Waals surface area contributed by atoms with E-state index in [1.54, 1.807) is 0 Å². The molecule has 1 aromatic rings. The molecule has 0 heterocycles. The summed E-state index contributed by atoms with van der Waals surface area (Å²) in [5.74, 6) is 0. The van der Waals surface area contributed by atoms with Crippen molar-refractivity contribution in [2.75, 3.05) is 6.61 Å². The van der Waals surface area contributed by atoms with Crippen LogP contribution in [0.4, 0.5) is 4.79 Å². The van der Waals surface area contributed by atoms with Crippen LogP contribution in [0.15, 0.2) is 30.3 Å². The summed E-state index contributed by atoms with van der Waals surface area (Å²) in [5.41, 5.74) is 6.01. The van der Waals surface area contributed by atoms with Crippen LogP contribution < -0.4 is 5.73 Å². The Bertz CT molecular complexity index is 300. The first-order valence-electron chi connectivity index (χ1n) is 4.83. The van der Waals surface area contributed by atoms with Gasteiger partial charge in [-0.3, -0.25) is 0 Å². The standard InChI is InChI=1S/C11H15NO3/c12-11(14)15-10(8-13)7-6-9-4-2-1-3-5-9/h1-5,10,13H,6-8H2,(H2,12,14)/t10-/m1/s1. The van der Waals surface area contributed by atoms with Crippen molar-refractivity contribution in [1.29, 1.82) is 0 Å². The lowest BCUT2D eigenvalue weighted by Crippen LogP contribution is -2.26. The normalized spacial score (nSPS) is 12.1. The summed E-state index contributed by atoms with van der Waals surface area (Å²) >= 11 is 0. The van der Waals surface area contributed by atoms with Crippen LogP contribution >= 0.6 is 0 Å². The number of carbonyl (C=O) groups is 1. The number of benzene rings is 1. The first kappa shape index (κ1) is 11.5. The fraction of sp³-hybridized carbons (Fsp3) is 0.364. The van der Waals surface area contributed by atoms with Crippen LogP contribution in [0.5, 0.6) is 0 Å². The predicted molar refractivity (Wildman–Crippen MR) is 56.3 cm³/mol. The molecule has 0 aliphatic carbocycles. The van der Waals surface area contributed by atoms with Gasteiger partial charge in [0.25, 0.3) is 0 Å². The number of aliphatic hydroxyl groups is 1. The Morgan fingerprint density at radius 2 is 2.07 bits per heavy atom. The number of nitrogens with two attached hydrogens (primary N) is 1. The van der Waals surface area contributed by atoms with E-state index in [2.05, 4.69) is 0 Å². The maximum Gasteiger partial charge on any atom is 0.404 e. The molecule has 0 aliphatic heterocycles. The number of hydrogen-bond acceptors (Lipinski definition) is 3. The van der Waals surface area contributed by atoms with Crippen molar-refractivity contribution in [1.82, 2.24) is 0 Å². The molecule has 1 amide bonds. The molecule has 1 rings (SSSR count). The van der Waals surface area contributed by atoms with E-state index < -0.39 is 12.2 Å². The summed E-state index contributed by atoms with van der Waals surface area (Å²) in [6.45, 7) is -0.199. The van der Waals surface area contributed by atoms with Gasteiger partial charge in [0.2, 0.25) is 0 Å². The van der Waals surface area contributed by atoms with Gasteiger partial charge >= 0.3 is 6.09 Å². The van der Waals surface area contributed by atoms with E-state index >= 15 is 0 Å². The molecule has 1 aromatic carbocycles. The number of carbonyl (C=O) groups excluding carboxylic acids is 1. The van der Waals surface area contributed by atoms with Crippen molar-refractivity contribution >= 4 is 6.09 Å². The molecular formula is C11H15NO3. The van der Waals surface area contributed by atoms with Gasteiger partial charge in [-0.05, 0) is 18.4 Å². The molecule has 0 unspecified atom stereocenters. The van der Waals surface area contributed by atoms with E-state index in [-0.39, 0.29) is 6.61 Å². The summed E-state index contributed by atoms with van der Waals surface area (Å²) in [6.07, 6.45) is -0.0344. The lowest BCUT2D eigenvalue weighted by Gasteiger charge is -2.13. The first-order chi connectivity index (χ1) is 7.22. The minimum absolute atomic E-state index is 0.199. The van der Waals surface area contributed by atoms with Crippen LogP contribution in [-0.2, 0) is 11.2 Å². The number of rotatable bonds is 5. The molecule has 4 heteroatoms. The molecule has 3 N–H and O–H groups in total. The molecule has 0 bridgehead atoms. The largest absolute Gasteiger partial charge is 0.444 e. The van der Waals surface area contributed by atoms with E-state index in [9.17, 15) is 4.79 Å². The van der Waals surface area contributed by atoms with Crippen LogP contribution in [0, 0.1) is 0 Å². The minimum Gasteiger partial charge on any atom is -0.444 e. The van der Waals surface area contributed by atoms with Crippen molar-refractivity contribution in [3.05, 3.63) is 35.9 Å². The Morgan fingerprint density at radius 1 is 1.40 bits per heavy atom. The smallest absolute Gasteiger partial charge is 0.404 e. The lowest BCUT2D eigenvalue weighted by molar-refractivity contribution is 0.0588. The maximum atomic E-state index is 10.5. The average molecular weight is 209 g/mol. The Labute approximate surface area is 88.7 Å². The van der Waals surface area contributed by atoms with Crippen molar-refractivity contribution in [3.8, 4) is 0 Å². The van der Waals surface area contributed by atoms with Crippen LogP contribution in [-0.4, -0.2) is 23.9 Å². The van der Waals surface area contributed by atoms with Gasteiger partial charge in [0.05, 0.1) is 6.61 Å². The Kier molecular flexibility index (Phi) is 4.63. The van der Waals surface area contributed by atoms with E-state index in [0.717, 1.165) is 12.0 Å². The van der Waals surface area contributed by atoms with Crippen molar-refractivity contribution in [2.24, 2.45) is 5.73 Å². The second kappa shape index (κ2) is 6.03. The average Bonchev–Trinajstić information content (AvgIpc) is 2.25. The highest BCUT2D eigenvalue weighted by molar-refractivity contribution is 5.64. The third-order valence-electron chi connectivity index (χ3n) is 2.08. The molecule has 0 radical (unpaired) electrons. The van der Waals surface area contributed by atoms with E-state index in [1.807, 2.05) is 30.3 Å². The van der Waals surface area contributed by atoms with Crippen LogP contribution in [0.1, 0.15) is 12.0 Å². The number of aryl methyl sites for hydroxylation is 1. The van der Waals surface area contributed by atoms with Gasteiger partial charge in [-0.25, -0.2) is 4.79 Å². The molecule has 0 fully saturated rings. The Hall–Kier alpha value is -1.55. The van der Waals surface area contributed by atoms with Gasteiger partial charge < -0.3 is 15.6 Å². The molecule has 1 atom stereocenters. The predicted octanol–water partition coefficient (Wildman–Crippen LogP) is 1.08. The van der Waals surface area contributed by atoms with Gasteiger partial charge in [-0.2, -0.15) is 0 Å². The molecule has 82 valence electrons. The zero-order valence-corrected chi connectivity index (χ0v) is 8.43. The SMILES string of the molecule is NC(=O)O[C@@H](CO)CCc1ccccc1. The van der Waals surface area contributed by atoms with Crippen molar-refractivity contribution in [3.63, 3.8) is 0 Å². The van der Waals surface area contributed by atoms with Crippen LogP contribution in [0.3, 0.4) is 0 Å². The highest BCUT2D eigenvalue weighted by atomic mass is 16.6. The van der Waals surface area contributed by atoms with Crippen molar-refractivity contribution < 1.29 is 14.6 Å². The number of aliphatic hydroxyl groups excluding tert-OH is 1. The molecule has 0 saturated heterocycles. The second-order valence-corrected chi connectivity index (χ2v) is 3.27. The van der Waals surface area contributed by atoms with Gasteiger partial charge in [0, 0.05) is 0 Å². The van der Waals surface area contributed by atoms with Crippen LogP contribution in [0.25, 0.3) is 0 Å². The maximum absolute atomic E-state index is 10.5. The van der Waals surface area contributed by atoms with Crippen molar-refractivity contribution in [2.45, 2.75) is 18.9 Å². The summed E-state index contributed by atoms with van der Waals surface area (Å²) in [7, 11) is 0. The lowest BCUT2D eigenvalue weighted by atomic mass is 10.1. The summed E-state index contributed by atoms with van der Waals surface area (Å²) in [4.78, 5) is 10.5. The topological polar surface area (TPSA) is 72.6 Å². The van der Waals surface area contributed by atoms with E-state index in [4.69, 9.17) is 15.6 Å². The van der Waals surface area contributed by atoms with Gasteiger partial charge in [-0.1, -0.05) is 30.3 Å². The summed E-state index contributed by atoms with van der Waals surface area (Å²) in [5, 5.41) is 8.92. The molecule has 4 nitrogen and oxygen atoms in total. The summed E-state index contributed by atoms with van der Waals surface area (Å²) in [6, 6.07) is 9.79. The first-order valence-corrected chi connectivity index (χ1v) is 4.83. The summed E-state index contributed by atoms with van der Waals surface area (Å²) < 4.78 is 4.71. The molecule has 0 saturated carbocycles. The number of primary amides is 1. The zero-order chi connectivity index (χ0) is 11.1. The third kappa shape index (κ3) is 4.46. The highest BCUT2D eigenvalue weighted by Gasteiger charge is 2.10. The van der Waals surface area contributed by atoms with Gasteiger partial charge in [0.15, 0.2) is 0 Å². The number of ether oxygens (including phenoxy) is 1. The van der Waals surface area contributed by atoms with E-state index in [0.29, 0.717) is 6.42 Å². The van der Waals surface area contributed by atoms with Gasteiger partial charge in [0.1, 0.15) is 6.10 Å². The Balaban J connectivity index is 2.37. The highest BCUT2D eigenvalue weighted by Crippen LogP contribution is 2.07. The molecule has 0 aromatic heterocycles. The third-order valence-corrected chi connectivity index (χ3v) is 2.08. The zero-order valence-electron chi connectivity index (χ0n) is 8.43. The molecular weight excluding hydrogens is 194 g/mol. The number of hydrogen-bond donors (Lipinski definition) is 2. The monoisotopic (exact) mass is 209 g/mol. The fourth-order valence-corrected chi connectivity index (χ4v) is 1.32. The second-order valence-electron chi connectivity index (χ2n) is 3.27. The van der Waals surface area contributed by atoms with Crippen LogP contribution in [0.2, 0.25) is 0 Å². The minimum atomic E-state index is -0.845. The quantitative estimate of drug-likeness (QED) is 0.762. The van der Waals surface area contributed by atoms with E-state index in [1.165, 1.54) is 0 Å². The number of amides is 1. The molecule has 0 aliphatic rings. The molecule has 15 heavy (non-hydrogen) atoms. The molecule has 0 spiro atoms. The fourth-order valence-electron chi connectivity index (χ4n) is 1.32. The van der Waals surface area contributed by atoms with Gasteiger partial charge in [-0.15, -0.1) is 0 Å². The Morgan fingerprint density at radius 3 is 2.60 bits per heavy atom.